The summed E-state index contributed by atoms with van der Waals surface area (Å²) in [6.07, 6.45) is 0.810. The van der Waals surface area contributed by atoms with E-state index in [4.69, 9.17) is 0 Å². The molecule has 0 fully saturated rings. The number of carbonyl (C=O) groups is 1. The van der Waals surface area contributed by atoms with Gasteiger partial charge >= 0.3 is 0 Å². The van der Waals surface area contributed by atoms with Crippen molar-refractivity contribution in [1.82, 2.24) is 5.32 Å². The fraction of sp³-hybridized carbons (Fsp3) is 0.562. The van der Waals surface area contributed by atoms with Gasteiger partial charge in [-0.25, -0.2) is 4.39 Å². The predicted octanol–water partition coefficient (Wildman–Crippen LogP) is 2.54. The number of halogens is 1. The van der Waals surface area contributed by atoms with E-state index < -0.39 is 6.10 Å². The van der Waals surface area contributed by atoms with Gasteiger partial charge in [-0.3, -0.25) is 4.79 Å². The van der Waals surface area contributed by atoms with Crippen molar-refractivity contribution in [2.75, 3.05) is 11.9 Å². The van der Waals surface area contributed by atoms with Gasteiger partial charge < -0.3 is 15.7 Å². The maximum Gasteiger partial charge on any atom is 0.225 e. The van der Waals surface area contributed by atoms with Crippen LogP contribution in [0.2, 0.25) is 0 Å². The van der Waals surface area contributed by atoms with Crippen LogP contribution < -0.4 is 10.6 Å². The Morgan fingerprint density at radius 1 is 1.29 bits per heavy atom. The van der Waals surface area contributed by atoms with Crippen molar-refractivity contribution in [3.8, 4) is 0 Å². The van der Waals surface area contributed by atoms with Crippen LogP contribution in [0.4, 0.5) is 10.1 Å². The van der Waals surface area contributed by atoms with Crippen LogP contribution in [-0.2, 0) is 4.79 Å². The van der Waals surface area contributed by atoms with Gasteiger partial charge in [0.15, 0.2) is 0 Å². The smallest absolute Gasteiger partial charge is 0.225 e. The van der Waals surface area contributed by atoms with Gasteiger partial charge in [-0.1, -0.05) is 20.3 Å². The average molecular weight is 296 g/mol. The molecule has 0 aromatic heterocycles. The molecule has 1 aromatic carbocycles. The standard InChI is InChI=1S/C16H25FN2O2/c1-4-11(2)15(20)10-18-12(3)9-16(21)19-14-7-5-13(17)6-8-14/h5-8,11-12,15,18,20H,4,9-10H2,1-3H3,(H,19,21). The van der Waals surface area contributed by atoms with Gasteiger partial charge in [0.1, 0.15) is 5.82 Å². The highest BCUT2D eigenvalue weighted by Crippen LogP contribution is 2.09. The lowest BCUT2D eigenvalue weighted by molar-refractivity contribution is -0.116. The molecule has 21 heavy (non-hydrogen) atoms. The van der Waals surface area contributed by atoms with Crippen molar-refractivity contribution in [3.63, 3.8) is 0 Å². The number of aliphatic hydroxyl groups excluding tert-OH is 1. The first kappa shape index (κ1) is 17.6. The van der Waals surface area contributed by atoms with Gasteiger partial charge in [-0.2, -0.15) is 0 Å². The van der Waals surface area contributed by atoms with E-state index in [0.717, 1.165) is 6.42 Å². The molecular weight excluding hydrogens is 271 g/mol. The lowest BCUT2D eigenvalue weighted by Crippen LogP contribution is -2.38. The quantitative estimate of drug-likeness (QED) is 0.691. The van der Waals surface area contributed by atoms with Crippen LogP contribution in [0, 0.1) is 11.7 Å². The Hall–Kier alpha value is -1.46. The molecule has 0 radical (unpaired) electrons. The molecule has 1 amide bonds. The zero-order chi connectivity index (χ0) is 15.8. The van der Waals surface area contributed by atoms with Crippen molar-refractivity contribution in [2.24, 2.45) is 5.92 Å². The number of benzene rings is 1. The van der Waals surface area contributed by atoms with E-state index in [1.165, 1.54) is 24.3 Å². The Morgan fingerprint density at radius 2 is 1.90 bits per heavy atom. The predicted molar refractivity (Wildman–Crippen MR) is 82.6 cm³/mol. The maximum atomic E-state index is 12.8. The summed E-state index contributed by atoms with van der Waals surface area (Å²) >= 11 is 0. The molecule has 0 spiro atoms. The molecule has 0 aliphatic heterocycles. The van der Waals surface area contributed by atoms with Crippen LogP contribution >= 0.6 is 0 Å². The summed E-state index contributed by atoms with van der Waals surface area (Å²) in [5.41, 5.74) is 0.577. The summed E-state index contributed by atoms with van der Waals surface area (Å²) < 4.78 is 12.8. The summed E-state index contributed by atoms with van der Waals surface area (Å²) in [6, 6.07) is 5.62. The van der Waals surface area contributed by atoms with Crippen LogP contribution in [0.5, 0.6) is 0 Å². The highest BCUT2D eigenvalue weighted by Gasteiger charge is 2.14. The number of aliphatic hydroxyl groups is 1. The third-order valence-corrected chi connectivity index (χ3v) is 3.60. The monoisotopic (exact) mass is 296 g/mol. The normalized spacial score (nSPS) is 15.3. The minimum atomic E-state index is -0.405. The fourth-order valence-electron chi connectivity index (χ4n) is 1.89. The second kappa shape index (κ2) is 8.74. The molecular formula is C16H25FN2O2. The summed E-state index contributed by atoms with van der Waals surface area (Å²) in [5, 5.41) is 15.7. The summed E-state index contributed by atoms with van der Waals surface area (Å²) in [4.78, 5) is 11.8. The number of carbonyl (C=O) groups excluding carboxylic acids is 1. The third kappa shape index (κ3) is 6.69. The van der Waals surface area contributed by atoms with E-state index in [1.54, 1.807) is 0 Å². The highest BCUT2D eigenvalue weighted by atomic mass is 19.1. The van der Waals surface area contributed by atoms with E-state index in [1.807, 2.05) is 20.8 Å². The van der Waals surface area contributed by atoms with Crippen LogP contribution in [0.1, 0.15) is 33.6 Å². The average Bonchev–Trinajstić information content (AvgIpc) is 2.46. The maximum absolute atomic E-state index is 12.8. The molecule has 3 atom stereocenters. The molecule has 0 aliphatic carbocycles. The molecule has 1 aromatic rings. The van der Waals surface area contributed by atoms with E-state index >= 15 is 0 Å². The molecule has 0 saturated heterocycles. The summed E-state index contributed by atoms with van der Waals surface area (Å²) in [5.74, 6) is -0.237. The number of amides is 1. The van der Waals surface area contributed by atoms with Crippen molar-refractivity contribution in [2.45, 2.75) is 45.8 Å². The molecule has 5 heteroatoms. The largest absolute Gasteiger partial charge is 0.392 e. The molecule has 0 heterocycles. The summed E-state index contributed by atoms with van der Waals surface area (Å²) in [6.45, 7) is 6.40. The van der Waals surface area contributed by atoms with Crippen molar-refractivity contribution >= 4 is 11.6 Å². The molecule has 3 N–H and O–H groups in total. The summed E-state index contributed by atoms with van der Waals surface area (Å²) in [7, 11) is 0. The van der Waals surface area contributed by atoms with Crippen LogP contribution in [0.3, 0.4) is 0 Å². The Labute approximate surface area is 125 Å². The Kier molecular flexibility index (Phi) is 7.32. The zero-order valence-electron chi connectivity index (χ0n) is 12.9. The van der Waals surface area contributed by atoms with Gasteiger partial charge in [0, 0.05) is 24.7 Å². The Morgan fingerprint density at radius 3 is 2.48 bits per heavy atom. The molecule has 118 valence electrons. The third-order valence-electron chi connectivity index (χ3n) is 3.60. The number of hydrogen-bond donors (Lipinski definition) is 3. The topological polar surface area (TPSA) is 61.4 Å². The molecule has 3 unspecified atom stereocenters. The van der Waals surface area contributed by atoms with Gasteiger partial charge in [0.2, 0.25) is 5.91 Å². The molecule has 1 rings (SSSR count). The van der Waals surface area contributed by atoms with Gasteiger partial charge in [-0.15, -0.1) is 0 Å². The number of nitrogens with one attached hydrogen (secondary N) is 2. The molecule has 0 saturated carbocycles. The first-order chi connectivity index (χ1) is 9.92. The van der Waals surface area contributed by atoms with E-state index in [9.17, 15) is 14.3 Å². The van der Waals surface area contributed by atoms with Gasteiger partial charge in [0.25, 0.3) is 0 Å². The minimum Gasteiger partial charge on any atom is -0.392 e. The van der Waals surface area contributed by atoms with Crippen molar-refractivity contribution < 1.29 is 14.3 Å². The van der Waals surface area contributed by atoms with E-state index in [-0.39, 0.29) is 23.7 Å². The molecule has 4 nitrogen and oxygen atoms in total. The second-order valence-electron chi connectivity index (χ2n) is 5.52. The Bertz CT molecular complexity index is 436. The Balaban J connectivity index is 2.32. The van der Waals surface area contributed by atoms with E-state index in [0.29, 0.717) is 18.7 Å². The number of anilines is 1. The second-order valence-corrected chi connectivity index (χ2v) is 5.52. The van der Waals surface area contributed by atoms with Crippen LogP contribution in [0.15, 0.2) is 24.3 Å². The first-order valence-corrected chi connectivity index (χ1v) is 7.39. The van der Waals surface area contributed by atoms with Crippen molar-refractivity contribution in [1.29, 1.82) is 0 Å². The lowest BCUT2D eigenvalue weighted by Gasteiger charge is -2.20. The lowest BCUT2D eigenvalue weighted by atomic mass is 10.0. The number of hydrogen-bond acceptors (Lipinski definition) is 3. The SMILES string of the molecule is CCC(C)C(O)CNC(C)CC(=O)Nc1ccc(F)cc1. The fourth-order valence-corrected chi connectivity index (χ4v) is 1.89. The molecule has 0 bridgehead atoms. The zero-order valence-corrected chi connectivity index (χ0v) is 12.9. The van der Waals surface area contributed by atoms with Gasteiger partial charge in [0.05, 0.1) is 6.10 Å². The van der Waals surface area contributed by atoms with E-state index in [2.05, 4.69) is 10.6 Å². The van der Waals surface area contributed by atoms with Crippen molar-refractivity contribution in [3.05, 3.63) is 30.1 Å². The van der Waals surface area contributed by atoms with Gasteiger partial charge in [-0.05, 0) is 37.1 Å². The van der Waals surface area contributed by atoms with Crippen LogP contribution in [-0.4, -0.2) is 29.7 Å². The molecule has 0 aliphatic rings. The minimum absolute atomic E-state index is 0.0378. The van der Waals surface area contributed by atoms with Crippen LogP contribution in [0.25, 0.3) is 0 Å². The highest BCUT2D eigenvalue weighted by molar-refractivity contribution is 5.91. The number of rotatable bonds is 8. The first-order valence-electron chi connectivity index (χ1n) is 7.39.